The highest BCUT2D eigenvalue weighted by Crippen LogP contribution is 2.44. The van der Waals surface area contributed by atoms with E-state index in [1.54, 1.807) is 0 Å². The second kappa shape index (κ2) is 12.2. The van der Waals surface area contributed by atoms with E-state index in [4.69, 9.17) is 4.74 Å². The van der Waals surface area contributed by atoms with Crippen molar-refractivity contribution >= 4 is 18.0 Å². The topological polar surface area (TPSA) is 105 Å². The van der Waals surface area contributed by atoms with E-state index in [2.05, 4.69) is 34.9 Å². The largest absolute Gasteiger partial charge is 0.480 e. The molecule has 7 heteroatoms. The molecular weight excluding hydrogens is 432 g/mol. The number of unbranched alkanes of at least 4 members (excludes halogenated alkanes) is 1. The lowest BCUT2D eigenvalue weighted by atomic mass is 9.98. The first-order chi connectivity index (χ1) is 16.4. The van der Waals surface area contributed by atoms with Crippen LogP contribution in [0.1, 0.15) is 69.4 Å². The van der Waals surface area contributed by atoms with Gasteiger partial charge in [-0.1, -0.05) is 68.3 Å². The number of alkyl carbamates (subject to hydrolysis) is 1. The second-order valence-corrected chi connectivity index (χ2v) is 8.86. The summed E-state index contributed by atoms with van der Waals surface area (Å²) in [6.45, 7) is 4.09. The molecule has 0 aromatic heterocycles. The number of hydrogen-bond donors (Lipinski definition) is 3. The Kier molecular flexibility index (Phi) is 9.08. The molecule has 0 bridgehead atoms. The number of benzene rings is 2. The van der Waals surface area contributed by atoms with Gasteiger partial charge in [0.15, 0.2) is 0 Å². The number of hydrogen-bond acceptors (Lipinski definition) is 4. The Morgan fingerprint density at radius 1 is 0.941 bits per heavy atom. The van der Waals surface area contributed by atoms with Crippen LogP contribution in [0, 0.1) is 0 Å². The quantitative estimate of drug-likeness (QED) is 0.415. The number of amides is 2. The van der Waals surface area contributed by atoms with Crippen molar-refractivity contribution in [2.75, 3.05) is 6.61 Å². The summed E-state index contributed by atoms with van der Waals surface area (Å²) in [7, 11) is 0. The molecule has 0 radical (unpaired) electrons. The van der Waals surface area contributed by atoms with Gasteiger partial charge in [0.05, 0.1) is 0 Å². The highest BCUT2D eigenvalue weighted by atomic mass is 16.5. The van der Waals surface area contributed by atoms with Gasteiger partial charge in [0.2, 0.25) is 5.91 Å². The molecule has 34 heavy (non-hydrogen) atoms. The maximum Gasteiger partial charge on any atom is 0.407 e. The van der Waals surface area contributed by atoms with E-state index in [0.29, 0.717) is 19.3 Å². The molecule has 2 aromatic carbocycles. The number of carbonyl (C=O) groups is 3. The van der Waals surface area contributed by atoms with Gasteiger partial charge in [-0.3, -0.25) is 4.79 Å². The van der Waals surface area contributed by atoms with Crippen molar-refractivity contribution in [3.8, 4) is 11.1 Å². The summed E-state index contributed by atoms with van der Waals surface area (Å²) in [5.74, 6) is -1.28. The Bertz CT molecular complexity index is 961. The van der Waals surface area contributed by atoms with Crippen molar-refractivity contribution < 1.29 is 24.2 Å². The number of fused-ring (bicyclic) bond motifs is 3. The molecule has 0 saturated heterocycles. The molecule has 2 amide bonds. The molecule has 1 unspecified atom stereocenters. The van der Waals surface area contributed by atoms with E-state index in [-0.39, 0.29) is 30.9 Å². The fraction of sp³-hybridized carbons (Fsp3) is 0.444. The maximum atomic E-state index is 12.4. The van der Waals surface area contributed by atoms with Crippen molar-refractivity contribution in [1.82, 2.24) is 10.6 Å². The van der Waals surface area contributed by atoms with E-state index >= 15 is 0 Å². The highest BCUT2D eigenvalue weighted by Gasteiger charge is 2.29. The SMILES string of the molecule is CCCC[C@H](NC(=O)CCCC(C)NC(=O)OCC1c2ccccc2-c2ccccc21)C(=O)O. The van der Waals surface area contributed by atoms with Crippen LogP contribution >= 0.6 is 0 Å². The lowest BCUT2D eigenvalue weighted by molar-refractivity contribution is -0.142. The van der Waals surface area contributed by atoms with Crippen molar-refractivity contribution in [2.24, 2.45) is 0 Å². The maximum absolute atomic E-state index is 12.4. The first kappa shape index (κ1) is 25.3. The molecule has 1 aliphatic rings. The van der Waals surface area contributed by atoms with Crippen LogP contribution in [0.5, 0.6) is 0 Å². The summed E-state index contributed by atoms with van der Waals surface area (Å²) in [4.78, 5) is 35.7. The van der Waals surface area contributed by atoms with E-state index in [1.165, 1.54) is 11.1 Å². The van der Waals surface area contributed by atoms with Gasteiger partial charge in [-0.05, 0) is 48.4 Å². The van der Waals surface area contributed by atoms with Crippen molar-refractivity contribution in [2.45, 2.75) is 70.4 Å². The summed E-state index contributed by atoms with van der Waals surface area (Å²) >= 11 is 0. The van der Waals surface area contributed by atoms with Crippen molar-refractivity contribution in [3.05, 3.63) is 59.7 Å². The molecule has 0 saturated carbocycles. The summed E-state index contributed by atoms with van der Waals surface area (Å²) in [5.41, 5.74) is 4.68. The average Bonchev–Trinajstić information content (AvgIpc) is 3.14. The molecule has 0 heterocycles. The molecule has 2 aromatic rings. The molecular formula is C27H34N2O5. The smallest absolute Gasteiger partial charge is 0.407 e. The minimum atomic E-state index is -1.01. The zero-order valence-corrected chi connectivity index (χ0v) is 19.9. The van der Waals surface area contributed by atoms with E-state index in [9.17, 15) is 19.5 Å². The van der Waals surface area contributed by atoms with Crippen LogP contribution < -0.4 is 10.6 Å². The third-order valence-electron chi connectivity index (χ3n) is 6.23. The molecule has 3 rings (SSSR count). The van der Waals surface area contributed by atoms with Gasteiger partial charge in [0.25, 0.3) is 0 Å². The Labute approximate surface area is 200 Å². The molecule has 0 spiro atoms. The van der Waals surface area contributed by atoms with Crippen LogP contribution in [0.15, 0.2) is 48.5 Å². The number of ether oxygens (including phenoxy) is 1. The Morgan fingerprint density at radius 2 is 1.56 bits per heavy atom. The lowest BCUT2D eigenvalue weighted by Gasteiger charge is -2.17. The molecule has 182 valence electrons. The van der Waals surface area contributed by atoms with E-state index < -0.39 is 18.1 Å². The average molecular weight is 467 g/mol. The Balaban J connectivity index is 1.41. The Morgan fingerprint density at radius 3 is 2.15 bits per heavy atom. The van der Waals surface area contributed by atoms with Crippen LogP contribution in [0.2, 0.25) is 0 Å². The minimum Gasteiger partial charge on any atom is -0.480 e. The summed E-state index contributed by atoms with van der Waals surface area (Å²) in [5, 5.41) is 14.6. The summed E-state index contributed by atoms with van der Waals surface area (Å²) in [6.07, 6.45) is 2.91. The van der Waals surface area contributed by atoms with Gasteiger partial charge in [-0.25, -0.2) is 9.59 Å². The first-order valence-corrected chi connectivity index (χ1v) is 12.0. The zero-order valence-electron chi connectivity index (χ0n) is 19.9. The Hall–Kier alpha value is -3.35. The highest BCUT2D eigenvalue weighted by molar-refractivity contribution is 5.83. The number of carboxylic acids is 1. The van der Waals surface area contributed by atoms with Gasteiger partial charge >= 0.3 is 12.1 Å². The monoisotopic (exact) mass is 466 g/mol. The minimum absolute atomic E-state index is 0.00652. The molecule has 2 atom stereocenters. The van der Waals surface area contributed by atoms with Gasteiger partial charge in [-0.2, -0.15) is 0 Å². The number of aliphatic carboxylic acids is 1. The molecule has 1 aliphatic carbocycles. The van der Waals surface area contributed by atoms with Gasteiger partial charge in [0, 0.05) is 18.4 Å². The predicted molar refractivity (Wildman–Crippen MR) is 131 cm³/mol. The number of carbonyl (C=O) groups excluding carboxylic acids is 2. The number of nitrogens with one attached hydrogen (secondary N) is 2. The van der Waals surface area contributed by atoms with Crippen molar-refractivity contribution in [3.63, 3.8) is 0 Å². The van der Waals surface area contributed by atoms with Gasteiger partial charge in [0.1, 0.15) is 12.6 Å². The fourth-order valence-electron chi connectivity index (χ4n) is 4.41. The van der Waals surface area contributed by atoms with E-state index in [1.807, 2.05) is 38.1 Å². The third kappa shape index (κ3) is 6.59. The van der Waals surface area contributed by atoms with Crippen LogP contribution in [0.25, 0.3) is 11.1 Å². The van der Waals surface area contributed by atoms with Gasteiger partial charge in [-0.15, -0.1) is 0 Å². The van der Waals surface area contributed by atoms with E-state index in [0.717, 1.165) is 24.0 Å². The third-order valence-corrected chi connectivity index (χ3v) is 6.23. The molecule has 0 fully saturated rings. The molecule has 3 N–H and O–H groups in total. The molecule has 7 nitrogen and oxygen atoms in total. The fourth-order valence-corrected chi connectivity index (χ4v) is 4.41. The summed E-state index contributed by atoms with van der Waals surface area (Å²) in [6, 6.07) is 15.3. The standard InChI is InChI=1S/C27H34N2O5/c1-3-4-15-24(26(31)32)29-25(30)16-9-10-18(2)28-27(33)34-17-23-21-13-7-5-11-19(21)20-12-6-8-14-22(20)23/h5-8,11-14,18,23-24H,3-4,9-10,15-17H2,1-2H3,(H,28,33)(H,29,30)(H,31,32)/t18?,24-/m0/s1. The summed E-state index contributed by atoms with van der Waals surface area (Å²) < 4.78 is 5.56. The van der Waals surface area contributed by atoms with Crippen molar-refractivity contribution in [1.29, 1.82) is 0 Å². The van der Waals surface area contributed by atoms with Crippen LogP contribution in [0.4, 0.5) is 4.79 Å². The normalized spacial score (nSPS) is 13.9. The molecule has 0 aliphatic heterocycles. The second-order valence-electron chi connectivity index (χ2n) is 8.86. The zero-order chi connectivity index (χ0) is 24.5. The first-order valence-electron chi connectivity index (χ1n) is 12.0. The van der Waals surface area contributed by atoms with Crippen LogP contribution in [0.3, 0.4) is 0 Å². The number of rotatable bonds is 12. The van der Waals surface area contributed by atoms with Crippen LogP contribution in [-0.2, 0) is 14.3 Å². The number of carboxylic acid groups (broad SMARTS) is 1. The lowest BCUT2D eigenvalue weighted by Crippen LogP contribution is -2.40. The predicted octanol–water partition coefficient (Wildman–Crippen LogP) is 4.84. The van der Waals surface area contributed by atoms with Crippen LogP contribution in [-0.4, -0.2) is 41.8 Å². The van der Waals surface area contributed by atoms with Gasteiger partial charge < -0.3 is 20.5 Å².